The molecule has 0 saturated carbocycles. The topological polar surface area (TPSA) is 71.8 Å². The maximum Gasteiger partial charge on any atom is 0.255 e. The quantitative estimate of drug-likeness (QED) is 0.250. The van der Waals surface area contributed by atoms with Crippen molar-refractivity contribution in [1.29, 1.82) is 0 Å². The summed E-state index contributed by atoms with van der Waals surface area (Å²) in [6.07, 6.45) is 0. The number of ether oxygens (including phenoxy) is 1. The van der Waals surface area contributed by atoms with Gasteiger partial charge < -0.3 is 14.2 Å². The molecule has 1 saturated heterocycles. The number of aromatic nitrogens is 1. The molecule has 0 unspecified atom stereocenters. The zero-order valence-corrected chi connectivity index (χ0v) is 24.1. The number of rotatable bonds is 6. The maximum absolute atomic E-state index is 15.0. The van der Waals surface area contributed by atoms with Crippen molar-refractivity contribution in [1.82, 2.24) is 13.8 Å². The molecule has 0 aliphatic carbocycles. The Morgan fingerprint density at radius 1 is 0.810 bits per heavy atom. The molecule has 0 atom stereocenters. The first-order chi connectivity index (χ1) is 20.3. The Labute approximate surface area is 244 Å². The van der Waals surface area contributed by atoms with Gasteiger partial charge in [-0.2, -0.15) is 4.31 Å². The van der Waals surface area contributed by atoms with E-state index >= 15 is 4.39 Å². The largest absolute Gasteiger partial charge is 0.497 e. The fraction of sp³-hybridized carbons (Fsp3) is 0.182. The van der Waals surface area contributed by atoms with Crippen molar-refractivity contribution in [2.45, 2.75) is 11.8 Å². The second kappa shape index (κ2) is 11.1. The maximum atomic E-state index is 15.0. The molecule has 1 amide bonds. The zero-order chi connectivity index (χ0) is 29.4. The average molecular weight is 584 g/mol. The molecule has 1 fully saturated rings. The van der Waals surface area contributed by atoms with Crippen LogP contribution in [0.15, 0.2) is 102 Å². The van der Waals surface area contributed by atoms with E-state index in [1.54, 1.807) is 59.9 Å². The molecule has 0 radical (unpaired) electrons. The SMILES string of the molecule is COc1ccc(-c2cc(C(=O)N3CCN(S(=O)(=O)c4ccc5ccccc5c4)CC3)c(C)n2-c2ccccc2F)cc1. The van der Waals surface area contributed by atoms with Crippen LogP contribution in [-0.2, 0) is 10.0 Å². The highest BCUT2D eigenvalue weighted by molar-refractivity contribution is 7.89. The number of carbonyl (C=O) groups excluding carboxylic acids is 1. The van der Waals surface area contributed by atoms with Gasteiger partial charge >= 0.3 is 0 Å². The molecule has 7 nitrogen and oxygen atoms in total. The molecule has 5 aromatic rings. The van der Waals surface area contributed by atoms with Crippen LogP contribution in [0.2, 0.25) is 0 Å². The third-order valence-electron chi connectivity index (χ3n) is 7.84. The molecular weight excluding hydrogens is 553 g/mol. The average Bonchev–Trinajstić information content (AvgIpc) is 3.37. The molecule has 9 heteroatoms. The molecular formula is C33H30FN3O4S. The summed E-state index contributed by atoms with van der Waals surface area (Å²) < 4.78 is 50.4. The van der Waals surface area contributed by atoms with Crippen molar-refractivity contribution in [2.75, 3.05) is 33.3 Å². The summed E-state index contributed by atoms with van der Waals surface area (Å²) in [5.41, 5.74) is 2.84. The summed E-state index contributed by atoms with van der Waals surface area (Å²) in [4.78, 5) is 15.7. The smallest absolute Gasteiger partial charge is 0.255 e. The monoisotopic (exact) mass is 583 g/mol. The first-order valence-corrected chi connectivity index (χ1v) is 15.1. The van der Waals surface area contributed by atoms with Crippen LogP contribution < -0.4 is 4.74 Å². The first kappa shape index (κ1) is 27.7. The van der Waals surface area contributed by atoms with Crippen molar-refractivity contribution in [3.63, 3.8) is 0 Å². The minimum atomic E-state index is -3.72. The fourth-order valence-corrected chi connectivity index (χ4v) is 6.98. The molecule has 0 N–H and O–H groups in total. The number of amides is 1. The number of methoxy groups -OCH3 is 1. The second-order valence-corrected chi connectivity index (χ2v) is 12.2. The van der Waals surface area contributed by atoms with E-state index in [1.807, 2.05) is 54.6 Å². The van der Waals surface area contributed by atoms with Crippen molar-refractivity contribution in [3.05, 3.63) is 114 Å². The standard InChI is InChI=1S/C33H30FN3O4S/c1-23-29(22-32(25-11-14-27(41-2)15-12-25)37(23)31-10-6-5-9-30(31)34)33(38)35-17-19-36(20-18-35)42(39,40)28-16-13-24-7-3-4-8-26(24)21-28/h3-16,21-22H,17-20H2,1-2H3. The Morgan fingerprint density at radius 3 is 2.17 bits per heavy atom. The summed E-state index contributed by atoms with van der Waals surface area (Å²) in [5, 5.41) is 1.83. The summed E-state index contributed by atoms with van der Waals surface area (Å²) >= 11 is 0. The zero-order valence-electron chi connectivity index (χ0n) is 23.3. The van der Waals surface area contributed by atoms with Crippen LogP contribution in [-0.4, -0.2) is 61.4 Å². The Morgan fingerprint density at radius 2 is 1.48 bits per heavy atom. The van der Waals surface area contributed by atoms with Crippen LogP contribution in [0.3, 0.4) is 0 Å². The van der Waals surface area contributed by atoms with Gasteiger partial charge in [-0.3, -0.25) is 4.79 Å². The van der Waals surface area contributed by atoms with Gasteiger partial charge in [0.15, 0.2) is 0 Å². The Hall–Kier alpha value is -4.47. The number of nitrogens with zero attached hydrogens (tertiary/aromatic N) is 3. The van der Waals surface area contributed by atoms with Gasteiger partial charge in [-0.25, -0.2) is 12.8 Å². The summed E-state index contributed by atoms with van der Waals surface area (Å²) in [6.45, 7) is 2.65. The Kier molecular flexibility index (Phi) is 7.30. The molecule has 6 rings (SSSR count). The van der Waals surface area contributed by atoms with Gasteiger partial charge in [0.1, 0.15) is 11.6 Å². The van der Waals surface area contributed by atoms with E-state index in [1.165, 1.54) is 10.4 Å². The molecule has 214 valence electrons. The summed E-state index contributed by atoms with van der Waals surface area (Å²) in [7, 11) is -2.13. The second-order valence-electron chi connectivity index (χ2n) is 10.2. The third-order valence-corrected chi connectivity index (χ3v) is 9.74. The number of hydrogen-bond donors (Lipinski definition) is 0. The number of sulfonamides is 1. The van der Waals surface area contributed by atoms with Gasteiger partial charge in [-0.1, -0.05) is 42.5 Å². The Bertz CT molecular complexity index is 1890. The lowest BCUT2D eigenvalue weighted by Gasteiger charge is -2.34. The van der Waals surface area contributed by atoms with Gasteiger partial charge in [-0.05, 0) is 77.9 Å². The van der Waals surface area contributed by atoms with E-state index in [-0.39, 0.29) is 37.0 Å². The number of piperazine rings is 1. The number of carbonyl (C=O) groups is 1. The number of hydrogen-bond acceptors (Lipinski definition) is 4. The van der Waals surface area contributed by atoms with E-state index in [4.69, 9.17) is 4.74 Å². The van der Waals surface area contributed by atoms with E-state index in [0.717, 1.165) is 16.3 Å². The van der Waals surface area contributed by atoms with E-state index in [9.17, 15) is 13.2 Å². The van der Waals surface area contributed by atoms with Gasteiger partial charge in [0.05, 0.1) is 29.0 Å². The molecule has 4 aromatic carbocycles. The molecule has 0 bridgehead atoms. The summed E-state index contributed by atoms with van der Waals surface area (Å²) in [6, 6.07) is 28.4. The molecule has 1 aliphatic heterocycles. The molecule has 0 spiro atoms. The van der Waals surface area contributed by atoms with Gasteiger partial charge in [-0.15, -0.1) is 0 Å². The number of fused-ring (bicyclic) bond motifs is 1. The van der Waals surface area contributed by atoms with Crippen LogP contribution in [0.5, 0.6) is 5.75 Å². The van der Waals surface area contributed by atoms with Crippen molar-refractivity contribution in [3.8, 4) is 22.7 Å². The van der Waals surface area contributed by atoms with Gasteiger partial charge in [0.25, 0.3) is 5.91 Å². The molecule has 42 heavy (non-hydrogen) atoms. The van der Waals surface area contributed by atoms with Gasteiger partial charge in [0.2, 0.25) is 10.0 Å². The summed E-state index contributed by atoms with van der Waals surface area (Å²) in [5.74, 6) is 0.0601. The number of halogens is 1. The minimum absolute atomic E-state index is 0.180. The van der Waals surface area contributed by atoms with Crippen LogP contribution in [0.1, 0.15) is 16.1 Å². The van der Waals surface area contributed by atoms with Crippen LogP contribution in [0, 0.1) is 12.7 Å². The highest BCUT2D eigenvalue weighted by atomic mass is 32.2. The van der Waals surface area contributed by atoms with Crippen molar-refractivity contribution in [2.24, 2.45) is 0 Å². The molecule has 1 aliphatic rings. The fourth-order valence-electron chi connectivity index (χ4n) is 5.52. The minimum Gasteiger partial charge on any atom is -0.497 e. The highest BCUT2D eigenvalue weighted by Crippen LogP contribution is 2.33. The Balaban J connectivity index is 1.28. The van der Waals surface area contributed by atoms with E-state index < -0.39 is 15.8 Å². The van der Waals surface area contributed by atoms with E-state index in [0.29, 0.717) is 28.4 Å². The predicted molar refractivity (Wildman–Crippen MR) is 161 cm³/mol. The number of para-hydroxylation sites is 1. The van der Waals surface area contributed by atoms with Crippen molar-refractivity contribution < 1.29 is 22.3 Å². The first-order valence-electron chi connectivity index (χ1n) is 13.7. The highest BCUT2D eigenvalue weighted by Gasteiger charge is 2.32. The molecule has 1 aromatic heterocycles. The number of benzene rings is 4. The normalized spacial score (nSPS) is 14.3. The van der Waals surface area contributed by atoms with Crippen LogP contribution >= 0.6 is 0 Å². The van der Waals surface area contributed by atoms with E-state index in [2.05, 4.69) is 0 Å². The van der Waals surface area contributed by atoms with Crippen molar-refractivity contribution >= 4 is 26.7 Å². The van der Waals surface area contributed by atoms with Crippen LogP contribution in [0.25, 0.3) is 27.7 Å². The predicted octanol–water partition coefficient (Wildman–Crippen LogP) is 5.90. The lowest BCUT2D eigenvalue weighted by molar-refractivity contribution is 0.0697. The lowest BCUT2D eigenvalue weighted by Crippen LogP contribution is -2.50. The molecule has 2 heterocycles. The van der Waals surface area contributed by atoms with Gasteiger partial charge in [0, 0.05) is 31.9 Å². The third kappa shape index (κ3) is 4.95. The van der Waals surface area contributed by atoms with Crippen LogP contribution in [0.4, 0.5) is 4.39 Å². The lowest BCUT2D eigenvalue weighted by atomic mass is 10.1.